The number of hydrogen-bond donors (Lipinski definition) is 2. The highest BCUT2D eigenvalue weighted by atomic mass is 16.4. The van der Waals surface area contributed by atoms with Crippen molar-refractivity contribution in [2.24, 2.45) is 5.41 Å². The highest BCUT2D eigenvalue weighted by Crippen LogP contribution is 2.35. The van der Waals surface area contributed by atoms with Gasteiger partial charge in [-0.3, -0.25) is 4.79 Å². The van der Waals surface area contributed by atoms with E-state index in [1.54, 1.807) is 11.9 Å². The van der Waals surface area contributed by atoms with Crippen LogP contribution in [0.25, 0.3) is 0 Å². The van der Waals surface area contributed by atoms with E-state index in [1.165, 1.54) is 0 Å². The minimum Gasteiger partial charge on any atom is -0.481 e. The third kappa shape index (κ3) is 4.69. The molecule has 5 nitrogen and oxygen atoms in total. The topological polar surface area (TPSA) is 69.6 Å². The van der Waals surface area contributed by atoms with Crippen molar-refractivity contribution in [3.05, 3.63) is 0 Å². The maximum atomic E-state index is 12.3. The molecule has 1 aliphatic rings. The molecule has 0 aliphatic heterocycles. The molecule has 2 amide bonds. The summed E-state index contributed by atoms with van der Waals surface area (Å²) in [6.07, 6.45) is 4.69. The molecule has 0 atom stereocenters. The third-order valence-corrected chi connectivity index (χ3v) is 4.05. The second-order valence-electron chi connectivity index (χ2n) is 7.13. The fraction of sp³-hybridized carbons (Fsp3) is 0.867. The van der Waals surface area contributed by atoms with Crippen LogP contribution in [0.3, 0.4) is 0 Å². The molecule has 5 heteroatoms. The first-order chi connectivity index (χ1) is 9.16. The Hall–Kier alpha value is -1.26. The Bertz CT molecular complexity index is 355. The van der Waals surface area contributed by atoms with Crippen molar-refractivity contribution in [2.75, 3.05) is 13.6 Å². The molecule has 20 heavy (non-hydrogen) atoms. The summed E-state index contributed by atoms with van der Waals surface area (Å²) >= 11 is 0. The minimum atomic E-state index is -0.831. The summed E-state index contributed by atoms with van der Waals surface area (Å²) in [4.78, 5) is 25.1. The molecule has 1 rings (SSSR count). The average molecular weight is 284 g/mol. The second kappa shape index (κ2) is 6.46. The molecule has 0 radical (unpaired) electrons. The summed E-state index contributed by atoms with van der Waals surface area (Å²) in [5.41, 5.74) is -0.505. The number of carboxylic acids is 1. The fourth-order valence-electron chi connectivity index (χ4n) is 2.80. The van der Waals surface area contributed by atoms with E-state index in [2.05, 4.69) is 26.1 Å². The molecule has 1 saturated carbocycles. The van der Waals surface area contributed by atoms with Gasteiger partial charge in [0.25, 0.3) is 0 Å². The molecule has 1 aliphatic carbocycles. The lowest BCUT2D eigenvalue weighted by atomic mass is 9.78. The molecule has 0 aromatic heterocycles. The molecule has 116 valence electrons. The first-order valence-electron chi connectivity index (χ1n) is 7.40. The zero-order valence-electron chi connectivity index (χ0n) is 13.2. The van der Waals surface area contributed by atoms with Crippen LogP contribution in [-0.2, 0) is 4.79 Å². The molecule has 1 fully saturated rings. The quantitative estimate of drug-likeness (QED) is 0.834. The van der Waals surface area contributed by atoms with Gasteiger partial charge in [-0.05, 0) is 18.3 Å². The molecular weight excluding hydrogens is 256 g/mol. The molecule has 0 unspecified atom stereocenters. The van der Waals surface area contributed by atoms with Gasteiger partial charge in [0, 0.05) is 13.6 Å². The molecule has 0 bridgehead atoms. The van der Waals surface area contributed by atoms with Gasteiger partial charge >= 0.3 is 12.0 Å². The third-order valence-electron chi connectivity index (χ3n) is 4.05. The van der Waals surface area contributed by atoms with Crippen molar-refractivity contribution in [1.29, 1.82) is 0 Å². The first kappa shape index (κ1) is 16.8. The van der Waals surface area contributed by atoms with Crippen LogP contribution in [0.2, 0.25) is 0 Å². The van der Waals surface area contributed by atoms with E-state index in [0.29, 0.717) is 6.54 Å². The van der Waals surface area contributed by atoms with Gasteiger partial charge < -0.3 is 15.3 Å². The van der Waals surface area contributed by atoms with Crippen LogP contribution in [0.1, 0.15) is 59.3 Å². The van der Waals surface area contributed by atoms with Crippen molar-refractivity contribution in [2.45, 2.75) is 64.8 Å². The lowest BCUT2D eigenvalue weighted by Crippen LogP contribution is -2.55. The van der Waals surface area contributed by atoms with E-state index < -0.39 is 11.5 Å². The number of rotatable bonds is 4. The van der Waals surface area contributed by atoms with Gasteiger partial charge in [0.1, 0.15) is 0 Å². The van der Waals surface area contributed by atoms with Crippen molar-refractivity contribution in [3.63, 3.8) is 0 Å². The SMILES string of the molecule is CN(C(=O)NCC(C)(C)C)C1(CC(=O)O)CCCCC1. The van der Waals surface area contributed by atoms with Gasteiger partial charge in [0.15, 0.2) is 0 Å². The number of carboxylic acid groups (broad SMARTS) is 1. The van der Waals surface area contributed by atoms with Crippen molar-refractivity contribution >= 4 is 12.0 Å². The Morgan fingerprint density at radius 1 is 1.20 bits per heavy atom. The van der Waals surface area contributed by atoms with Crippen LogP contribution in [0.15, 0.2) is 0 Å². The van der Waals surface area contributed by atoms with Crippen LogP contribution in [0.4, 0.5) is 4.79 Å². The molecule has 0 heterocycles. The van der Waals surface area contributed by atoms with Crippen LogP contribution in [0, 0.1) is 5.41 Å². The number of nitrogens with one attached hydrogen (secondary N) is 1. The number of amides is 2. The largest absolute Gasteiger partial charge is 0.481 e. The van der Waals surface area contributed by atoms with Gasteiger partial charge in [-0.1, -0.05) is 40.0 Å². The Kier molecular flexibility index (Phi) is 5.42. The maximum Gasteiger partial charge on any atom is 0.317 e. The van der Waals surface area contributed by atoms with Crippen molar-refractivity contribution in [3.8, 4) is 0 Å². The summed E-state index contributed by atoms with van der Waals surface area (Å²) in [5.74, 6) is -0.831. The Morgan fingerprint density at radius 2 is 1.75 bits per heavy atom. The molecule has 2 N–H and O–H groups in total. The van der Waals surface area contributed by atoms with E-state index in [4.69, 9.17) is 5.11 Å². The number of aliphatic carboxylic acids is 1. The molecule has 0 saturated heterocycles. The lowest BCUT2D eigenvalue weighted by Gasteiger charge is -2.44. The molecular formula is C15H28N2O3. The maximum absolute atomic E-state index is 12.3. The van der Waals surface area contributed by atoms with Gasteiger partial charge in [-0.15, -0.1) is 0 Å². The van der Waals surface area contributed by atoms with Crippen LogP contribution in [-0.4, -0.2) is 41.1 Å². The Labute approximate surface area is 121 Å². The first-order valence-corrected chi connectivity index (χ1v) is 7.40. The number of nitrogens with zero attached hydrogens (tertiary/aromatic N) is 1. The van der Waals surface area contributed by atoms with E-state index in [-0.39, 0.29) is 17.9 Å². The summed E-state index contributed by atoms with van der Waals surface area (Å²) in [7, 11) is 1.73. The summed E-state index contributed by atoms with van der Waals surface area (Å²) < 4.78 is 0. The highest BCUT2D eigenvalue weighted by Gasteiger charge is 2.40. The van der Waals surface area contributed by atoms with E-state index in [1.807, 2.05) is 0 Å². The predicted molar refractivity (Wildman–Crippen MR) is 78.7 cm³/mol. The monoisotopic (exact) mass is 284 g/mol. The van der Waals surface area contributed by atoms with Gasteiger partial charge in [-0.2, -0.15) is 0 Å². The average Bonchev–Trinajstić information content (AvgIpc) is 2.34. The Balaban J connectivity index is 2.74. The lowest BCUT2D eigenvalue weighted by molar-refractivity contribution is -0.140. The summed E-state index contributed by atoms with van der Waals surface area (Å²) in [5, 5.41) is 12.1. The van der Waals surface area contributed by atoms with Crippen molar-refractivity contribution in [1.82, 2.24) is 10.2 Å². The Morgan fingerprint density at radius 3 is 2.20 bits per heavy atom. The van der Waals surface area contributed by atoms with Crippen LogP contribution >= 0.6 is 0 Å². The molecule has 0 aromatic carbocycles. The molecule has 0 aromatic rings. The number of urea groups is 1. The smallest absolute Gasteiger partial charge is 0.317 e. The van der Waals surface area contributed by atoms with Crippen molar-refractivity contribution < 1.29 is 14.7 Å². The van der Waals surface area contributed by atoms with Gasteiger partial charge in [-0.25, -0.2) is 4.79 Å². The van der Waals surface area contributed by atoms with E-state index >= 15 is 0 Å². The highest BCUT2D eigenvalue weighted by molar-refractivity contribution is 5.76. The second-order valence-corrected chi connectivity index (χ2v) is 7.13. The number of hydrogen-bond acceptors (Lipinski definition) is 2. The summed E-state index contributed by atoms with van der Waals surface area (Å²) in [6, 6.07) is -0.164. The standard InChI is InChI=1S/C15H28N2O3/c1-14(2,3)11-16-13(20)17(4)15(10-12(18)19)8-6-5-7-9-15/h5-11H2,1-4H3,(H,16,20)(H,18,19). The zero-order chi connectivity index (χ0) is 15.4. The molecule has 0 spiro atoms. The van der Waals surface area contributed by atoms with Gasteiger partial charge in [0.05, 0.1) is 12.0 Å². The van der Waals surface area contributed by atoms with Crippen LogP contribution < -0.4 is 5.32 Å². The predicted octanol–water partition coefficient (Wildman–Crippen LogP) is 2.85. The van der Waals surface area contributed by atoms with Crippen LogP contribution in [0.5, 0.6) is 0 Å². The summed E-state index contributed by atoms with van der Waals surface area (Å²) in [6.45, 7) is 6.75. The van der Waals surface area contributed by atoms with E-state index in [0.717, 1.165) is 32.1 Å². The van der Waals surface area contributed by atoms with E-state index in [9.17, 15) is 9.59 Å². The minimum absolute atomic E-state index is 0.0169. The van der Waals surface area contributed by atoms with Gasteiger partial charge in [0.2, 0.25) is 0 Å². The number of carbonyl (C=O) groups excluding carboxylic acids is 1. The number of carbonyl (C=O) groups is 2. The normalized spacial score (nSPS) is 18.4. The zero-order valence-corrected chi connectivity index (χ0v) is 13.2. The fourth-order valence-corrected chi connectivity index (χ4v) is 2.80.